The molecule has 1 aromatic heterocycles. The van der Waals surface area contributed by atoms with Crippen LogP contribution in [-0.2, 0) is 19.1 Å². The van der Waals surface area contributed by atoms with Gasteiger partial charge in [-0.1, -0.05) is 13.8 Å². The van der Waals surface area contributed by atoms with Crippen molar-refractivity contribution in [1.82, 2.24) is 0 Å². The molecule has 7 heteroatoms. The Kier molecular flexibility index (Phi) is 5.93. The Morgan fingerprint density at radius 2 is 1.77 bits per heavy atom. The lowest BCUT2D eigenvalue weighted by molar-refractivity contribution is -0.246. The standard InChI is InChI=1S/C28H38O7/c1-16(29)34-20-9-11-26(3)19(13-20)6-7-22-25(26)23(35-17(2)30)14-27(4)21(10-12-28(22,27)32)18-5-8-24(31)33-15-18/h5,8,15,19-23,25,32H,6-7,9-14H2,1-4H3/t19-,20+,21-,22-,23-,25-,26+,27-,28+/m1/s1. The highest BCUT2D eigenvalue weighted by Crippen LogP contribution is 2.71. The summed E-state index contributed by atoms with van der Waals surface area (Å²) in [6.07, 6.45) is 7.56. The lowest BCUT2D eigenvalue weighted by atomic mass is 9.42. The molecule has 7 nitrogen and oxygen atoms in total. The Balaban J connectivity index is 1.52. The number of hydrogen-bond donors (Lipinski definition) is 1. The summed E-state index contributed by atoms with van der Waals surface area (Å²) in [5.74, 6) is -0.0923. The van der Waals surface area contributed by atoms with Crippen LogP contribution in [0.3, 0.4) is 0 Å². The minimum absolute atomic E-state index is 0.0119. The molecule has 0 unspecified atom stereocenters. The molecule has 9 atom stereocenters. The van der Waals surface area contributed by atoms with E-state index in [4.69, 9.17) is 13.9 Å². The van der Waals surface area contributed by atoms with Crippen LogP contribution >= 0.6 is 0 Å². The summed E-state index contributed by atoms with van der Waals surface area (Å²) >= 11 is 0. The van der Waals surface area contributed by atoms with Gasteiger partial charge in [-0.05, 0) is 86.2 Å². The number of hydrogen-bond acceptors (Lipinski definition) is 7. The summed E-state index contributed by atoms with van der Waals surface area (Å²) in [4.78, 5) is 35.5. The third-order valence-electron chi connectivity index (χ3n) is 10.5. The predicted molar refractivity (Wildman–Crippen MR) is 127 cm³/mol. The summed E-state index contributed by atoms with van der Waals surface area (Å²) in [5, 5.41) is 12.5. The molecule has 0 bridgehead atoms. The molecule has 0 aromatic carbocycles. The highest BCUT2D eigenvalue weighted by atomic mass is 16.5. The van der Waals surface area contributed by atoms with Gasteiger partial charge in [0.1, 0.15) is 12.2 Å². The van der Waals surface area contributed by atoms with Crippen molar-refractivity contribution < 1.29 is 28.6 Å². The van der Waals surface area contributed by atoms with Crippen LogP contribution in [0.15, 0.2) is 27.6 Å². The smallest absolute Gasteiger partial charge is 0.335 e. The Morgan fingerprint density at radius 3 is 2.43 bits per heavy atom. The molecule has 1 aromatic rings. The fourth-order valence-corrected chi connectivity index (χ4v) is 9.02. The summed E-state index contributed by atoms with van der Waals surface area (Å²) in [5.41, 5.74) is -0.967. The van der Waals surface area contributed by atoms with Crippen molar-refractivity contribution in [2.75, 3.05) is 0 Å². The van der Waals surface area contributed by atoms with Gasteiger partial charge in [0.05, 0.1) is 11.9 Å². The second-order valence-corrected chi connectivity index (χ2v) is 12.1. The van der Waals surface area contributed by atoms with Gasteiger partial charge in [0.15, 0.2) is 0 Å². The van der Waals surface area contributed by atoms with E-state index in [2.05, 4.69) is 13.8 Å². The quantitative estimate of drug-likeness (QED) is 0.634. The van der Waals surface area contributed by atoms with Crippen molar-refractivity contribution in [2.24, 2.45) is 28.6 Å². The number of rotatable bonds is 3. The molecule has 0 amide bonds. The third kappa shape index (κ3) is 3.76. The maximum Gasteiger partial charge on any atom is 0.335 e. The average Bonchev–Trinajstić information content (AvgIpc) is 3.05. The van der Waals surface area contributed by atoms with Gasteiger partial charge in [-0.3, -0.25) is 9.59 Å². The van der Waals surface area contributed by atoms with Gasteiger partial charge >= 0.3 is 17.6 Å². The molecule has 4 fully saturated rings. The van der Waals surface area contributed by atoms with Gasteiger partial charge in [-0.15, -0.1) is 0 Å². The second-order valence-electron chi connectivity index (χ2n) is 12.1. The highest BCUT2D eigenvalue weighted by molar-refractivity contribution is 5.66. The molecule has 4 aliphatic rings. The van der Waals surface area contributed by atoms with E-state index in [-0.39, 0.29) is 52.9 Å². The fourth-order valence-electron chi connectivity index (χ4n) is 9.02. The van der Waals surface area contributed by atoms with E-state index in [1.54, 1.807) is 0 Å². The number of carbonyl (C=O) groups is 2. The molecule has 0 spiro atoms. The van der Waals surface area contributed by atoms with E-state index in [1.165, 1.54) is 26.2 Å². The van der Waals surface area contributed by atoms with Gasteiger partial charge in [0, 0.05) is 31.2 Å². The van der Waals surface area contributed by atoms with Crippen molar-refractivity contribution in [3.8, 4) is 0 Å². The van der Waals surface area contributed by atoms with Gasteiger partial charge in [-0.25, -0.2) is 4.79 Å². The Morgan fingerprint density at radius 1 is 1.03 bits per heavy atom. The number of aliphatic hydroxyl groups is 1. The number of fused-ring (bicyclic) bond motifs is 5. The average molecular weight is 487 g/mol. The monoisotopic (exact) mass is 486 g/mol. The molecule has 4 saturated carbocycles. The number of ether oxygens (including phenoxy) is 2. The van der Waals surface area contributed by atoms with E-state index < -0.39 is 11.0 Å². The van der Waals surface area contributed by atoms with Crippen molar-refractivity contribution in [1.29, 1.82) is 0 Å². The zero-order valence-electron chi connectivity index (χ0n) is 21.2. The molecule has 1 N–H and O–H groups in total. The summed E-state index contributed by atoms with van der Waals surface area (Å²) in [6.45, 7) is 7.37. The molecule has 0 saturated heterocycles. The molecule has 0 aliphatic heterocycles. The second kappa shape index (κ2) is 8.46. The van der Waals surface area contributed by atoms with Crippen LogP contribution in [0.2, 0.25) is 0 Å². The first-order valence-corrected chi connectivity index (χ1v) is 13.1. The van der Waals surface area contributed by atoms with Crippen LogP contribution in [0.25, 0.3) is 0 Å². The number of esters is 2. The lowest BCUT2D eigenvalue weighted by Crippen LogP contribution is -2.66. The third-order valence-corrected chi connectivity index (χ3v) is 10.5. The van der Waals surface area contributed by atoms with Crippen LogP contribution in [0, 0.1) is 28.6 Å². The van der Waals surface area contributed by atoms with Gasteiger partial charge < -0.3 is 19.0 Å². The summed E-state index contributed by atoms with van der Waals surface area (Å²) < 4.78 is 16.9. The van der Waals surface area contributed by atoms with Gasteiger partial charge in [0.2, 0.25) is 0 Å². The van der Waals surface area contributed by atoms with E-state index in [9.17, 15) is 19.5 Å². The maximum atomic E-state index is 12.5. The van der Waals surface area contributed by atoms with E-state index in [0.717, 1.165) is 44.1 Å². The van der Waals surface area contributed by atoms with E-state index in [1.807, 2.05) is 6.07 Å². The van der Waals surface area contributed by atoms with Gasteiger partial charge in [0.25, 0.3) is 0 Å². The summed E-state index contributed by atoms with van der Waals surface area (Å²) in [6, 6.07) is 3.26. The Bertz CT molecular complexity index is 1040. The lowest BCUT2D eigenvalue weighted by Gasteiger charge is -2.65. The molecule has 35 heavy (non-hydrogen) atoms. The number of carbonyl (C=O) groups excluding carboxylic acids is 2. The minimum Gasteiger partial charge on any atom is -0.463 e. The van der Waals surface area contributed by atoms with Gasteiger partial charge in [-0.2, -0.15) is 0 Å². The summed E-state index contributed by atoms with van der Waals surface area (Å²) in [7, 11) is 0. The highest BCUT2D eigenvalue weighted by Gasteiger charge is 2.70. The van der Waals surface area contributed by atoms with E-state index >= 15 is 0 Å². The Labute approximate surface area is 206 Å². The van der Waals surface area contributed by atoms with Crippen LogP contribution in [0.4, 0.5) is 0 Å². The molecule has 0 radical (unpaired) electrons. The van der Waals surface area contributed by atoms with Crippen LogP contribution in [-0.4, -0.2) is 34.9 Å². The first-order valence-electron chi connectivity index (χ1n) is 13.1. The van der Waals surface area contributed by atoms with E-state index in [0.29, 0.717) is 18.8 Å². The largest absolute Gasteiger partial charge is 0.463 e. The van der Waals surface area contributed by atoms with Crippen molar-refractivity contribution >= 4 is 11.9 Å². The van der Waals surface area contributed by atoms with Crippen LogP contribution in [0.1, 0.15) is 90.5 Å². The molecule has 4 aliphatic carbocycles. The fraction of sp³-hybridized carbons (Fsp3) is 0.750. The predicted octanol–water partition coefficient (Wildman–Crippen LogP) is 4.35. The Hall–Kier alpha value is -2.15. The zero-order valence-corrected chi connectivity index (χ0v) is 21.2. The minimum atomic E-state index is -0.893. The zero-order chi connectivity index (χ0) is 25.2. The maximum absolute atomic E-state index is 12.5. The first kappa shape index (κ1) is 24.5. The molecular weight excluding hydrogens is 448 g/mol. The molecule has 1 heterocycles. The SMILES string of the molecule is CC(=O)O[C@H]1CC[C@@]2(C)[C@H](CC[C@@H]3[C@@H]2[C@H](OC(C)=O)C[C@]2(C)[C@@H](c4ccc(=O)oc4)CC[C@]32O)C1. The van der Waals surface area contributed by atoms with Crippen molar-refractivity contribution in [3.63, 3.8) is 0 Å². The van der Waals surface area contributed by atoms with Crippen LogP contribution in [0.5, 0.6) is 0 Å². The van der Waals surface area contributed by atoms with Crippen molar-refractivity contribution in [2.45, 2.75) is 103 Å². The first-order chi connectivity index (χ1) is 16.5. The topological polar surface area (TPSA) is 103 Å². The molecule has 5 rings (SSSR count). The molecular formula is C28H38O7. The normalized spacial score (nSPS) is 44.5. The van der Waals surface area contributed by atoms with Crippen molar-refractivity contribution in [3.05, 3.63) is 34.4 Å². The van der Waals surface area contributed by atoms with Crippen LogP contribution < -0.4 is 5.63 Å². The molecule has 192 valence electrons.